The molecule has 1 amide bonds. The minimum atomic E-state index is -0.469. The number of hydrogen-bond acceptors (Lipinski definition) is 9. The van der Waals surface area contributed by atoms with Crippen LogP contribution in [0, 0.1) is 11.8 Å². The van der Waals surface area contributed by atoms with E-state index in [9.17, 15) is 14.4 Å². The Morgan fingerprint density at radius 1 is 0.978 bits per heavy atom. The molecule has 4 aliphatic heterocycles. The number of piperazine rings is 1. The summed E-state index contributed by atoms with van der Waals surface area (Å²) in [5.41, 5.74) is 0.925. The summed E-state index contributed by atoms with van der Waals surface area (Å²) in [6.07, 6.45) is 19.1. The van der Waals surface area contributed by atoms with Crippen LogP contribution < -0.4 is 5.32 Å². The Labute approximate surface area is 268 Å². The second kappa shape index (κ2) is 18.3. The SMILES string of the molecule is COC(=O)/C=C1\CC2CC(=O)OC(/C=C/C=C\CCOC(=O)N3CCNCC3)C(C)/C=C/C(C)CC3CCCC(CC(C1)O2)O3. The van der Waals surface area contributed by atoms with E-state index in [1.54, 1.807) is 4.90 Å². The van der Waals surface area contributed by atoms with Gasteiger partial charge in [-0.15, -0.1) is 0 Å². The quantitative estimate of drug-likeness (QED) is 0.108. The zero-order valence-electron chi connectivity index (χ0n) is 27.2. The molecule has 0 aromatic carbocycles. The van der Waals surface area contributed by atoms with Gasteiger partial charge in [0.25, 0.3) is 0 Å². The zero-order chi connectivity index (χ0) is 32.0. The summed E-state index contributed by atoms with van der Waals surface area (Å²) in [7, 11) is 1.37. The molecular formula is C35H52N2O8. The molecule has 0 aliphatic carbocycles. The molecule has 10 heteroatoms. The van der Waals surface area contributed by atoms with E-state index in [-0.39, 0.29) is 42.7 Å². The van der Waals surface area contributed by atoms with Gasteiger partial charge in [0.05, 0.1) is 44.6 Å². The molecule has 4 bridgehead atoms. The number of allylic oxidation sites excluding steroid dienone is 3. The van der Waals surface area contributed by atoms with Crippen LogP contribution >= 0.6 is 0 Å². The summed E-state index contributed by atoms with van der Waals surface area (Å²) in [5, 5.41) is 3.22. The van der Waals surface area contributed by atoms with E-state index < -0.39 is 18.2 Å². The Balaban J connectivity index is 1.40. The van der Waals surface area contributed by atoms with Crippen molar-refractivity contribution < 1.29 is 38.1 Å². The number of ether oxygens (including phenoxy) is 5. The molecule has 0 aromatic heterocycles. The highest BCUT2D eigenvalue weighted by Crippen LogP contribution is 2.33. The first-order valence-corrected chi connectivity index (χ1v) is 16.7. The summed E-state index contributed by atoms with van der Waals surface area (Å²) in [6.45, 7) is 7.46. The first-order chi connectivity index (χ1) is 21.8. The molecule has 1 N–H and O–H groups in total. The van der Waals surface area contributed by atoms with E-state index in [2.05, 4.69) is 24.4 Å². The molecule has 45 heavy (non-hydrogen) atoms. The first kappa shape index (κ1) is 34.9. The second-order valence-corrected chi connectivity index (χ2v) is 12.7. The van der Waals surface area contributed by atoms with Crippen LogP contribution in [-0.4, -0.2) is 93.3 Å². The van der Waals surface area contributed by atoms with Crippen LogP contribution in [0.25, 0.3) is 0 Å². The number of methoxy groups -OCH3 is 1. The lowest BCUT2D eigenvalue weighted by atomic mass is 9.89. The van der Waals surface area contributed by atoms with Crippen LogP contribution in [0.15, 0.2) is 48.1 Å². The average molecular weight is 629 g/mol. The van der Waals surface area contributed by atoms with Crippen molar-refractivity contribution in [3.05, 3.63) is 48.1 Å². The van der Waals surface area contributed by atoms with Gasteiger partial charge < -0.3 is 33.9 Å². The predicted octanol–water partition coefficient (Wildman–Crippen LogP) is 5.04. The number of carbonyl (C=O) groups excluding carboxylic acids is 3. The normalized spacial score (nSPS) is 33.6. The Kier molecular flexibility index (Phi) is 14.2. The van der Waals surface area contributed by atoms with Gasteiger partial charge in [-0.3, -0.25) is 4.79 Å². The van der Waals surface area contributed by atoms with Crippen molar-refractivity contribution in [1.82, 2.24) is 10.2 Å². The number of esters is 2. The van der Waals surface area contributed by atoms with Gasteiger partial charge in [-0.2, -0.15) is 0 Å². The van der Waals surface area contributed by atoms with E-state index >= 15 is 0 Å². The number of nitrogens with one attached hydrogen (secondary N) is 1. The third-order valence-corrected chi connectivity index (χ3v) is 8.84. The van der Waals surface area contributed by atoms with Gasteiger partial charge >= 0.3 is 18.0 Å². The van der Waals surface area contributed by atoms with Gasteiger partial charge in [0.15, 0.2) is 0 Å². The fourth-order valence-corrected chi connectivity index (χ4v) is 6.44. The van der Waals surface area contributed by atoms with Crippen molar-refractivity contribution in [1.29, 1.82) is 0 Å². The Morgan fingerprint density at radius 2 is 1.71 bits per heavy atom. The molecule has 4 rings (SSSR count). The number of amides is 1. The van der Waals surface area contributed by atoms with Crippen molar-refractivity contribution in [2.24, 2.45) is 11.8 Å². The smallest absolute Gasteiger partial charge is 0.409 e. The standard InChI is InChI=1S/C35H52N2O8/c1-25-12-13-26(2)32(11-6-4-5-7-18-42-35(40)37-16-14-36-15-17-37)45-34(39)24-31-21-27(22-33(38)41-3)20-30(44-31)23-29-10-8-9-28(19-25)43-29/h4-6,11-13,22,25-26,28-32,36H,7-10,14-21,23-24H2,1-3H3/b5-4-,11-6+,13-12+,27-22-. The topological polar surface area (TPSA) is 113 Å². The summed E-state index contributed by atoms with van der Waals surface area (Å²) in [5.74, 6) is -0.471. The van der Waals surface area contributed by atoms with Gasteiger partial charge in [0.1, 0.15) is 6.10 Å². The lowest BCUT2D eigenvalue weighted by molar-refractivity contribution is -0.154. The summed E-state index contributed by atoms with van der Waals surface area (Å²) >= 11 is 0. The second-order valence-electron chi connectivity index (χ2n) is 12.7. The van der Waals surface area contributed by atoms with Crippen LogP contribution in [-0.2, 0) is 33.3 Å². The monoisotopic (exact) mass is 628 g/mol. The molecule has 250 valence electrons. The van der Waals surface area contributed by atoms with Crippen LogP contribution in [0.4, 0.5) is 4.79 Å². The van der Waals surface area contributed by atoms with Crippen molar-refractivity contribution in [3.63, 3.8) is 0 Å². The number of fused-ring (bicyclic) bond motifs is 4. The number of cyclic esters (lactones) is 1. The van der Waals surface area contributed by atoms with Crippen molar-refractivity contribution >= 4 is 18.0 Å². The van der Waals surface area contributed by atoms with Gasteiger partial charge in [0.2, 0.25) is 0 Å². The summed E-state index contributed by atoms with van der Waals surface area (Å²) < 4.78 is 29.2. The molecule has 3 fully saturated rings. The van der Waals surface area contributed by atoms with Gasteiger partial charge in [-0.1, -0.05) is 49.8 Å². The van der Waals surface area contributed by atoms with Crippen molar-refractivity contribution in [2.75, 3.05) is 39.9 Å². The third-order valence-electron chi connectivity index (χ3n) is 8.84. The molecule has 4 heterocycles. The fourth-order valence-electron chi connectivity index (χ4n) is 6.44. The van der Waals surface area contributed by atoms with Crippen molar-refractivity contribution in [3.8, 4) is 0 Å². The molecule has 7 atom stereocenters. The van der Waals surface area contributed by atoms with Gasteiger partial charge in [0, 0.05) is 44.6 Å². The average Bonchev–Trinajstić information content (AvgIpc) is 3.02. The van der Waals surface area contributed by atoms with Gasteiger partial charge in [-0.05, 0) is 56.9 Å². The molecule has 0 spiro atoms. The zero-order valence-corrected chi connectivity index (χ0v) is 27.2. The van der Waals surface area contributed by atoms with Crippen LogP contribution in [0.2, 0.25) is 0 Å². The Morgan fingerprint density at radius 3 is 2.49 bits per heavy atom. The van der Waals surface area contributed by atoms with E-state index in [0.29, 0.717) is 44.9 Å². The Hall–Kier alpha value is -2.95. The fraction of sp³-hybridized carbons (Fsp3) is 0.686. The lowest BCUT2D eigenvalue weighted by Gasteiger charge is -2.37. The molecule has 3 saturated heterocycles. The number of rotatable bonds is 6. The molecule has 0 saturated carbocycles. The van der Waals surface area contributed by atoms with E-state index in [1.165, 1.54) is 13.2 Å². The minimum absolute atomic E-state index is 0.0521. The largest absolute Gasteiger partial charge is 0.466 e. The Bertz CT molecular complexity index is 1100. The number of nitrogens with zero attached hydrogens (tertiary/aromatic N) is 1. The van der Waals surface area contributed by atoms with E-state index in [1.807, 2.05) is 31.2 Å². The third kappa shape index (κ3) is 12.1. The maximum Gasteiger partial charge on any atom is 0.409 e. The predicted molar refractivity (Wildman–Crippen MR) is 170 cm³/mol. The van der Waals surface area contributed by atoms with E-state index in [4.69, 9.17) is 23.7 Å². The van der Waals surface area contributed by atoms with Gasteiger partial charge in [-0.25, -0.2) is 9.59 Å². The summed E-state index contributed by atoms with van der Waals surface area (Å²) in [4.78, 5) is 39.2. The highest BCUT2D eigenvalue weighted by atomic mass is 16.6. The highest BCUT2D eigenvalue weighted by Gasteiger charge is 2.33. The molecule has 0 radical (unpaired) electrons. The molecule has 0 aromatic rings. The van der Waals surface area contributed by atoms with Crippen LogP contribution in [0.1, 0.15) is 71.6 Å². The maximum absolute atomic E-state index is 13.3. The van der Waals surface area contributed by atoms with Crippen molar-refractivity contribution in [2.45, 2.75) is 102 Å². The minimum Gasteiger partial charge on any atom is -0.466 e. The maximum atomic E-state index is 13.3. The molecule has 7 unspecified atom stereocenters. The molecular weight excluding hydrogens is 576 g/mol. The van der Waals surface area contributed by atoms with Crippen LogP contribution in [0.3, 0.4) is 0 Å². The number of hydrogen-bond donors (Lipinski definition) is 1. The first-order valence-electron chi connectivity index (χ1n) is 16.7. The summed E-state index contributed by atoms with van der Waals surface area (Å²) in [6, 6.07) is 0. The number of carbonyl (C=O) groups is 3. The molecule has 10 nitrogen and oxygen atoms in total. The highest BCUT2D eigenvalue weighted by molar-refractivity contribution is 5.82. The molecule has 4 aliphatic rings. The lowest BCUT2D eigenvalue weighted by Crippen LogP contribution is -2.46. The van der Waals surface area contributed by atoms with Crippen LogP contribution in [0.5, 0.6) is 0 Å². The van der Waals surface area contributed by atoms with E-state index in [0.717, 1.165) is 50.8 Å².